The van der Waals surface area contributed by atoms with E-state index in [4.69, 9.17) is 4.74 Å². The smallest absolute Gasteiger partial charge is 0.416 e. The Labute approximate surface area is 231 Å². The number of aromatic nitrogens is 1. The van der Waals surface area contributed by atoms with E-state index in [1.54, 1.807) is 6.07 Å². The molecule has 0 spiro atoms. The Balaban J connectivity index is 1.44. The van der Waals surface area contributed by atoms with E-state index < -0.39 is 11.7 Å². The number of halogens is 3. The summed E-state index contributed by atoms with van der Waals surface area (Å²) in [6.07, 6.45) is -2.24. The van der Waals surface area contributed by atoms with Gasteiger partial charge in [-0.15, -0.1) is 0 Å². The molecule has 5 rings (SSSR count). The van der Waals surface area contributed by atoms with Gasteiger partial charge in [0.05, 0.1) is 5.56 Å². The second-order valence-electron chi connectivity index (χ2n) is 9.61. The summed E-state index contributed by atoms with van der Waals surface area (Å²) in [4.78, 5) is 13.3. The predicted octanol–water partition coefficient (Wildman–Crippen LogP) is 8.31. The maximum absolute atomic E-state index is 13.3. The van der Waals surface area contributed by atoms with E-state index in [1.807, 2.05) is 66.7 Å². The van der Waals surface area contributed by atoms with Gasteiger partial charge in [0.15, 0.2) is 0 Å². The monoisotopic (exact) mass is 542 g/mol. The standard InChI is InChI=1S/C33H29F3N2O2/c1-2-38-22-30(28-16-6-7-17-31(28)38)29(24-11-9-15-27(19-24)40-26-13-4-3-5-14-26)20-32(39)37-21-23-10-8-12-25(18-23)33(34,35)36/h3-19,22,29H,2,20-21H2,1H3,(H,37,39)/t29-/m1/s1. The number of rotatable bonds is 9. The Morgan fingerprint density at radius 2 is 1.60 bits per heavy atom. The summed E-state index contributed by atoms with van der Waals surface area (Å²) >= 11 is 0. The van der Waals surface area contributed by atoms with Crippen LogP contribution in [0.25, 0.3) is 10.9 Å². The summed E-state index contributed by atoms with van der Waals surface area (Å²) in [5.41, 5.74) is 2.64. The first kappa shape index (κ1) is 27.1. The molecule has 0 saturated carbocycles. The lowest BCUT2D eigenvalue weighted by molar-refractivity contribution is -0.137. The molecular formula is C33H29F3N2O2. The molecule has 4 aromatic carbocycles. The van der Waals surface area contributed by atoms with Crippen LogP contribution in [0.4, 0.5) is 13.2 Å². The number of amides is 1. The zero-order valence-electron chi connectivity index (χ0n) is 22.0. The zero-order valence-corrected chi connectivity index (χ0v) is 22.0. The van der Waals surface area contributed by atoms with Gasteiger partial charge < -0.3 is 14.6 Å². The van der Waals surface area contributed by atoms with Gasteiger partial charge in [0.1, 0.15) is 11.5 Å². The lowest BCUT2D eigenvalue weighted by Crippen LogP contribution is -2.25. The van der Waals surface area contributed by atoms with Gasteiger partial charge in [0.2, 0.25) is 5.91 Å². The molecule has 1 heterocycles. The van der Waals surface area contributed by atoms with Crippen LogP contribution in [0, 0.1) is 0 Å². The fourth-order valence-electron chi connectivity index (χ4n) is 4.96. The number of carbonyl (C=O) groups is 1. The minimum Gasteiger partial charge on any atom is -0.457 e. The Morgan fingerprint density at radius 3 is 2.38 bits per heavy atom. The van der Waals surface area contributed by atoms with E-state index in [1.165, 1.54) is 6.07 Å². The molecule has 204 valence electrons. The number of aryl methyl sites for hydroxylation is 1. The summed E-state index contributed by atoms with van der Waals surface area (Å²) in [6, 6.07) is 30.2. The number of hydrogen-bond acceptors (Lipinski definition) is 2. The number of para-hydroxylation sites is 2. The molecule has 4 nitrogen and oxygen atoms in total. The van der Waals surface area contributed by atoms with E-state index in [2.05, 4.69) is 35.1 Å². The molecule has 0 fully saturated rings. The first-order chi connectivity index (χ1) is 19.3. The summed E-state index contributed by atoms with van der Waals surface area (Å²) in [7, 11) is 0. The third-order valence-corrected chi connectivity index (χ3v) is 6.91. The van der Waals surface area contributed by atoms with Gasteiger partial charge in [-0.3, -0.25) is 4.79 Å². The molecule has 1 amide bonds. The maximum Gasteiger partial charge on any atom is 0.416 e. The van der Waals surface area contributed by atoms with Crippen LogP contribution < -0.4 is 10.1 Å². The number of benzene rings is 4. The number of nitrogens with one attached hydrogen (secondary N) is 1. The van der Waals surface area contributed by atoms with Crippen molar-refractivity contribution in [1.82, 2.24) is 9.88 Å². The quantitative estimate of drug-likeness (QED) is 0.204. The van der Waals surface area contributed by atoms with Crippen molar-refractivity contribution >= 4 is 16.8 Å². The van der Waals surface area contributed by atoms with Gasteiger partial charge in [-0.05, 0) is 66.1 Å². The Bertz CT molecular complexity index is 1610. The fourth-order valence-corrected chi connectivity index (χ4v) is 4.96. The molecule has 0 aliphatic rings. The highest BCUT2D eigenvalue weighted by Crippen LogP contribution is 2.37. The average Bonchev–Trinajstić information content (AvgIpc) is 3.34. The highest BCUT2D eigenvalue weighted by Gasteiger charge is 2.30. The van der Waals surface area contributed by atoms with Crippen molar-refractivity contribution in [3.05, 3.63) is 132 Å². The predicted molar refractivity (Wildman–Crippen MR) is 150 cm³/mol. The van der Waals surface area contributed by atoms with E-state index >= 15 is 0 Å². The highest BCUT2D eigenvalue weighted by molar-refractivity contribution is 5.86. The van der Waals surface area contributed by atoms with Crippen LogP contribution in [0.15, 0.2) is 109 Å². The summed E-state index contributed by atoms with van der Waals surface area (Å²) in [5, 5.41) is 3.88. The first-order valence-corrected chi connectivity index (χ1v) is 13.2. The molecular weight excluding hydrogens is 513 g/mol. The van der Waals surface area contributed by atoms with Crippen molar-refractivity contribution in [2.75, 3.05) is 0 Å². The van der Waals surface area contributed by atoms with E-state index in [9.17, 15) is 18.0 Å². The molecule has 7 heteroatoms. The van der Waals surface area contributed by atoms with Crippen LogP contribution >= 0.6 is 0 Å². The number of carbonyl (C=O) groups excluding carboxylic acids is 1. The second kappa shape index (κ2) is 11.7. The second-order valence-corrected chi connectivity index (χ2v) is 9.61. The minimum atomic E-state index is -4.44. The van der Waals surface area contributed by atoms with Crippen molar-refractivity contribution in [2.24, 2.45) is 0 Å². The summed E-state index contributed by atoms with van der Waals surface area (Å²) in [6.45, 7) is 2.84. The van der Waals surface area contributed by atoms with Gasteiger partial charge in [0, 0.05) is 42.5 Å². The number of fused-ring (bicyclic) bond motifs is 1. The third-order valence-electron chi connectivity index (χ3n) is 6.91. The molecule has 1 atom stereocenters. The molecule has 0 bridgehead atoms. The van der Waals surface area contributed by atoms with Gasteiger partial charge in [-0.1, -0.05) is 60.7 Å². The van der Waals surface area contributed by atoms with Gasteiger partial charge >= 0.3 is 6.18 Å². The maximum atomic E-state index is 13.3. The van der Waals surface area contributed by atoms with Gasteiger partial charge in [0.25, 0.3) is 0 Å². The van der Waals surface area contributed by atoms with Crippen LogP contribution in [0.5, 0.6) is 11.5 Å². The number of hydrogen-bond donors (Lipinski definition) is 1. The van der Waals surface area contributed by atoms with Crippen LogP contribution in [0.3, 0.4) is 0 Å². The largest absolute Gasteiger partial charge is 0.457 e. The summed E-state index contributed by atoms with van der Waals surface area (Å²) < 4.78 is 47.7. The van der Waals surface area contributed by atoms with Crippen LogP contribution in [0.2, 0.25) is 0 Å². The van der Waals surface area contributed by atoms with Crippen molar-refractivity contribution in [2.45, 2.75) is 38.5 Å². The number of alkyl halides is 3. The Kier molecular flexibility index (Phi) is 7.91. The van der Waals surface area contributed by atoms with Crippen LogP contribution in [0.1, 0.15) is 41.5 Å². The molecule has 0 aliphatic carbocycles. The first-order valence-electron chi connectivity index (χ1n) is 13.2. The minimum absolute atomic E-state index is 0.00332. The molecule has 5 aromatic rings. The van der Waals surface area contributed by atoms with Crippen molar-refractivity contribution in [3.63, 3.8) is 0 Å². The highest BCUT2D eigenvalue weighted by atomic mass is 19.4. The van der Waals surface area contributed by atoms with E-state index in [0.717, 1.165) is 40.7 Å². The molecule has 0 saturated heterocycles. The molecule has 0 aliphatic heterocycles. The molecule has 40 heavy (non-hydrogen) atoms. The third kappa shape index (κ3) is 6.20. The van der Waals surface area contributed by atoms with Crippen molar-refractivity contribution in [1.29, 1.82) is 0 Å². The zero-order chi connectivity index (χ0) is 28.1. The Hall–Kier alpha value is -4.52. The number of ether oxygens (including phenoxy) is 1. The van der Waals surface area contributed by atoms with Crippen molar-refractivity contribution in [3.8, 4) is 11.5 Å². The SMILES string of the molecule is CCn1cc([C@H](CC(=O)NCc2cccc(C(F)(F)F)c2)c2cccc(Oc3ccccc3)c2)c2ccccc21. The van der Waals surface area contributed by atoms with E-state index in [-0.39, 0.29) is 24.8 Å². The topological polar surface area (TPSA) is 43.3 Å². The Morgan fingerprint density at radius 1 is 0.875 bits per heavy atom. The van der Waals surface area contributed by atoms with E-state index in [0.29, 0.717) is 17.1 Å². The molecule has 0 radical (unpaired) electrons. The van der Waals surface area contributed by atoms with Crippen molar-refractivity contribution < 1.29 is 22.7 Å². The van der Waals surface area contributed by atoms with Crippen LogP contribution in [-0.4, -0.2) is 10.5 Å². The lowest BCUT2D eigenvalue weighted by atomic mass is 9.88. The number of nitrogens with zero attached hydrogens (tertiary/aromatic N) is 1. The molecule has 1 N–H and O–H groups in total. The van der Waals surface area contributed by atoms with Crippen LogP contribution in [-0.2, 0) is 24.1 Å². The average molecular weight is 543 g/mol. The molecule has 0 unspecified atom stereocenters. The fraction of sp³-hybridized carbons (Fsp3) is 0.182. The lowest BCUT2D eigenvalue weighted by Gasteiger charge is -2.19. The van der Waals surface area contributed by atoms with Gasteiger partial charge in [-0.25, -0.2) is 0 Å². The normalized spacial score (nSPS) is 12.3. The van der Waals surface area contributed by atoms with Gasteiger partial charge in [-0.2, -0.15) is 13.2 Å². The summed E-state index contributed by atoms with van der Waals surface area (Å²) in [5.74, 6) is 0.790. The molecule has 1 aromatic heterocycles.